The van der Waals surface area contributed by atoms with Crippen LogP contribution >= 0.6 is 11.6 Å². The number of benzene rings is 1. The van der Waals surface area contributed by atoms with Gasteiger partial charge in [-0.05, 0) is 83.3 Å². The Morgan fingerprint density at radius 2 is 2.00 bits per heavy atom. The molecule has 0 spiro atoms. The molecule has 4 rings (SSSR count). The van der Waals surface area contributed by atoms with Crippen molar-refractivity contribution in [1.29, 1.82) is 0 Å². The van der Waals surface area contributed by atoms with E-state index >= 15 is 0 Å². The van der Waals surface area contributed by atoms with Gasteiger partial charge in [-0.15, -0.1) is 0 Å². The van der Waals surface area contributed by atoms with E-state index < -0.39 is 0 Å². The molecule has 0 radical (unpaired) electrons. The third-order valence-corrected chi connectivity index (χ3v) is 6.28. The molecule has 1 fully saturated rings. The molecule has 3 heterocycles. The van der Waals surface area contributed by atoms with E-state index in [4.69, 9.17) is 22.3 Å². The number of rotatable bonds is 5. The van der Waals surface area contributed by atoms with Gasteiger partial charge in [-0.2, -0.15) is 0 Å². The number of H-pyrrole nitrogens is 1. The van der Waals surface area contributed by atoms with Gasteiger partial charge in [-0.3, -0.25) is 0 Å². The molecule has 1 unspecified atom stereocenters. The van der Waals surface area contributed by atoms with Crippen LogP contribution in [0.3, 0.4) is 0 Å². The lowest BCUT2D eigenvalue weighted by Gasteiger charge is -2.29. The predicted molar refractivity (Wildman–Crippen MR) is 118 cm³/mol. The van der Waals surface area contributed by atoms with Gasteiger partial charge in [0, 0.05) is 6.20 Å². The van der Waals surface area contributed by atoms with Crippen LogP contribution in [0.1, 0.15) is 48.8 Å². The molecule has 6 nitrogen and oxygen atoms in total. The van der Waals surface area contributed by atoms with Gasteiger partial charge >= 0.3 is 0 Å². The van der Waals surface area contributed by atoms with Crippen molar-refractivity contribution in [3.63, 3.8) is 0 Å². The Kier molecular flexibility index (Phi) is 5.86. The smallest absolute Gasteiger partial charge is 0.145 e. The lowest BCUT2D eigenvalue weighted by atomic mass is 9.91. The second-order valence-corrected chi connectivity index (χ2v) is 8.79. The number of likely N-dealkylation sites (tertiary alicyclic amines) is 1. The molecule has 1 aliphatic heterocycles. The first-order valence-electron chi connectivity index (χ1n) is 10.3. The highest BCUT2D eigenvalue weighted by Gasteiger charge is 2.20. The fraction of sp³-hybridized carbons (Fsp3) is 0.500. The Balaban J connectivity index is 1.48. The van der Waals surface area contributed by atoms with E-state index in [1.165, 1.54) is 25.9 Å². The lowest BCUT2D eigenvalue weighted by Crippen LogP contribution is -2.30. The number of aromatic nitrogens is 4. The van der Waals surface area contributed by atoms with E-state index in [2.05, 4.69) is 26.9 Å². The van der Waals surface area contributed by atoms with E-state index in [0.29, 0.717) is 10.8 Å². The van der Waals surface area contributed by atoms with E-state index in [1.54, 1.807) is 0 Å². The molecule has 0 amide bonds. The van der Waals surface area contributed by atoms with Crippen molar-refractivity contribution in [1.82, 2.24) is 24.8 Å². The summed E-state index contributed by atoms with van der Waals surface area (Å²) < 4.78 is 0. The zero-order valence-electron chi connectivity index (χ0n) is 17.4. The molecule has 29 heavy (non-hydrogen) atoms. The van der Waals surface area contributed by atoms with Crippen LogP contribution in [0, 0.1) is 19.8 Å². The molecule has 1 aromatic carbocycles. The fourth-order valence-corrected chi connectivity index (χ4v) is 4.45. The summed E-state index contributed by atoms with van der Waals surface area (Å²) in [7, 11) is 2.19. The normalized spacial score (nSPS) is 17.1. The topological polar surface area (TPSA) is 83.7 Å². The minimum Gasteiger partial charge on any atom is -0.338 e. The summed E-state index contributed by atoms with van der Waals surface area (Å²) in [6.45, 7) is 6.36. The van der Waals surface area contributed by atoms with Crippen LogP contribution in [-0.2, 0) is 0 Å². The minimum atomic E-state index is -0.129. The van der Waals surface area contributed by atoms with Crippen LogP contribution in [0.5, 0.6) is 0 Å². The first-order valence-corrected chi connectivity index (χ1v) is 10.7. The highest BCUT2D eigenvalue weighted by atomic mass is 35.5. The molecule has 2 aromatic heterocycles. The second-order valence-electron chi connectivity index (χ2n) is 8.39. The van der Waals surface area contributed by atoms with Crippen molar-refractivity contribution in [2.75, 3.05) is 20.1 Å². The molecule has 3 N–H and O–H groups in total. The maximum Gasteiger partial charge on any atom is 0.145 e. The number of nitrogens with two attached hydrogens (primary N) is 1. The maximum absolute atomic E-state index is 6.42. The van der Waals surface area contributed by atoms with Crippen molar-refractivity contribution in [2.45, 2.75) is 45.6 Å². The summed E-state index contributed by atoms with van der Waals surface area (Å²) in [5, 5.41) is 0.647. The maximum atomic E-state index is 6.42. The summed E-state index contributed by atoms with van der Waals surface area (Å²) in [6.07, 6.45) is 6.41. The van der Waals surface area contributed by atoms with Gasteiger partial charge in [0.15, 0.2) is 0 Å². The van der Waals surface area contributed by atoms with Crippen LogP contribution < -0.4 is 5.73 Å². The molecule has 0 aliphatic carbocycles. The highest BCUT2D eigenvalue weighted by molar-refractivity contribution is 6.35. The summed E-state index contributed by atoms with van der Waals surface area (Å²) in [5.41, 5.74) is 10.9. The Bertz CT molecular complexity index is 1010. The van der Waals surface area contributed by atoms with Crippen molar-refractivity contribution in [3.8, 4) is 11.4 Å². The van der Waals surface area contributed by atoms with Gasteiger partial charge in [0.25, 0.3) is 0 Å². The van der Waals surface area contributed by atoms with E-state index in [9.17, 15) is 0 Å². The number of imidazole rings is 1. The number of hydrogen-bond donors (Lipinski definition) is 2. The van der Waals surface area contributed by atoms with Crippen molar-refractivity contribution in [2.24, 2.45) is 11.7 Å². The molecule has 154 valence electrons. The van der Waals surface area contributed by atoms with Crippen LogP contribution in [0.15, 0.2) is 18.3 Å². The van der Waals surface area contributed by atoms with Gasteiger partial charge in [0.05, 0.1) is 27.8 Å². The van der Waals surface area contributed by atoms with Crippen molar-refractivity contribution >= 4 is 22.6 Å². The van der Waals surface area contributed by atoms with Gasteiger partial charge in [-0.25, -0.2) is 15.0 Å². The molecule has 0 bridgehead atoms. The predicted octanol–water partition coefficient (Wildman–Crippen LogP) is 4.41. The van der Waals surface area contributed by atoms with Crippen molar-refractivity contribution in [3.05, 3.63) is 40.4 Å². The summed E-state index contributed by atoms with van der Waals surface area (Å²) in [6, 6.07) is 3.83. The summed E-state index contributed by atoms with van der Waals surface area (Å²) in [5.74, 6) is 2.21. The molecule has 7 heteroatoms. The van der Waals surface area contributed by atoms with Crippen LogP contribution in [0.2, 0.25) is 5.02 Å². The SMILES string of the molecule is Cc1cc(Cl)c2nc(-c3cnc(C(N)CCC4CCN(C)CC4)nc3C)[nH]c2c1. The number of fused-ring (bicyclic) bond motifs is 1. The highest BCUT2D eigenvalue weighted by Crippen LogP contribution is 2.29. The van der Waals surface area contributed by atoms with Crippen molar-refractivity contribution < 1.29 is 0 Å². The number of aromatic amines is 1. The first-order chi connectivity index (χ1) is 13.9. The third-order valence-electron chi connectivity index (χ3n) is 5.99. The zero-order valence-corrected chi connectivity index (χ0v) is 18.1. The Labute approximate surface area is 176 Å². The van der Waals surface area contributed by atoms with Crippen LogP contribution in [0.25, 0.3) is 22.4 Å². The summed E-state index contributed by atoms with van der Waals surface area (Å²) >= 11 is 6.34. The average molecular weight is 413 g/mol. The standard InChI is InChI=1S/C22H29ClN6/c1-13-10-17(23)20-19(11-13)27-21(28-20)16-12-25-22(26-14(16)2)18(24)5-4-15-6-8-29(3)9-7-15/h10-12,15,18H,4-9,24H2,1-3H3,(H,27,28). The minimum absolute atomic E-state index is 0.129. The third kappa shape index (κ3) is 4.44. The number of aryl methyl sites for hydroxylation is 2. The zero-order chi connectivity index (χ0) is 20.5. The molecular formula is C22H29ClN6. The quantitative estimate of drug-likeness (QED) is 0.648. The van der Waals surface area contributed by atoms with Crippen LogP contribution in [0.4, 0.5) is 0 Å². The number of hydrogen-bond acceptors (Lipinski definition) is 5. The molecular weight excluding hydrogens is 384 g/mol. The van der Waals surface area contributed by atoms with Crippen LogP contribution in [-0.4, -0.2) is 45.0 Å². The van der Waals surface area contributed by atoms with E-state index in [1.807, 2.05) is 32.2 Å². The monoisotopic (exact) mass is 412 g/mol. The van der Waals surface area contributed by atoms with Gasteiger partial charge < -0.3 is 15.6 Å². The molecule has 3 aromatic rings. The number of nitrogens with zero attached hydrogens (tertiary/aromatic N) is 4. The second kappa shape index (κ2) is 8.38. The average Bonchev–Trinajstić information content (AvgIpc) is 3.11. The largest absolute Gasteiger partial charge is 0.338 e. The Hall–Kier alpha value is -2.02. The van der Waals surface area contributed by atoms with E-state index in [0.717, 1.165) is 52.4 Å². The summed E-state index contributed by atoms with van der Waals surface area (Å²) in [4.78, 5) is 19.7. The first kappa shape index (κ1) is 20.3. The number of piperidine rings is 1. The lowest BCUT2D eigenvalue weighted by molar-refractivity contribution is 0.208. The van der Waals surface area contributed by atoms with Gasteiger partial charge in [-0.1, -0.05) is 11.6 Å². The number of halogens is 1. The van der Waals surface area contributed by atoms with Gasteiger partial charge in [0.1, 0.15) is 17.2 Å². The Morgan fingerprint density at radius 1 is 1.24 bits per heavy atom. The number of nitrogens with one attached hydrogen (secondary N) is 1. The molecule has 0 saturated carbocycles. The Morgan fingerprint density at radius 3 is 2.72 bits per heavy atom. The molecule has 1 aliphatic rings. The fourth-order valence-electron chi connectivity index (χ4n) is 4.13. The molecule has 1 saturated heterocycles. The van der Waals surface area contributed by atoms with E-state index in [-0.39, 0.29) is 6.04 Å². The van der Waals surface area contributed by atoms with Gasteiger partial charge in [0.2, 0.25) is 0 Å². The molecule has 1 atom stereocenters.